The zero-order chi connectivity index (χ0) is 19.1. The van der Waals surface area contributed by atoms with E-state index in [9.17, 15) is 22.8 Å². The number of anilines is 1. The highest BCUT2D eigenvalue weighted by atomic mass is 19.4. The van der Waals surface area contributed by atoms with Crippen molar-refractivity contribution in [2.24, 2.45) is 0 Å². The Kier molecular flexibility index (Phi) is 4.34. The Morgan fingerprint density at radius 3 is 2.77 bits per heavy atom. The molecular weight excluding hydrogens is 353 g/mol. The van der Waals surface area contributed by atoms with E-state index < -0.39 is 30.0 Å². The van der Waals surface area contributed by atoms with E-state index in [2.05, 4.69) is 10.3 Å². The molecule has 138 valence electrons. The first kappa shape index (κ1) is 17.8. The average molecular weight is 368 g/mol. The lowest BCUT2D eigenvalue weighted by molar-refractivity contribution is -0.141. The molecule has 0 aromatic carbocycles. The highest BCUT2D eigenvalue weighted by molar-refractivity contribution is 5.93. The van der Waals surface area contributed by atoms with E-state index in [-0.39, 0.29) is 5.69 Å². The third-order valence-electron chi connectivity index (χ3n) is 4.25. The van der Waals surface area contributed by atoms with Gasteiger partial charge in [-0.05, 0) is 36.1 Å². The van der Waals surface area contributed by atoms with Gasteiger partial charge in [0.05, 0.1) is 6.04 Å². The number of amides is 2. The van der Waals surface area contributed by atoms with Crippen molar-refractivity contribution in [1.82, 2.24) is 14.9 Å². The van der Waals surface area contributed by atoms with Gasteiger partial charge in [0, 0.05) is 31.3 Å². The normalized spacial score (nSPS) is 16.2. The Labute approximate surface area is 146 Å². The van der Waals surface area contributed by atoms with E-state index in [1.807, 2.05) is 0 Å². The fourth-order valence-corrected chi connectivity index (χ4v) is 2.97. The van der Waals surface area contributed by atoms with Crippen molar-refractivity contribution in [3.05, 3.63) is 47.5 Å². The van der Waals surface area contributed by atoms with Gasteiger partial charge in [0.25, 0.3) is 0 Å². The molecule has 0 fully saturated rings. The summed E-state index contributed by atoms with van der Waals surface area (Å²) in [5.41, 5.74) is 0.484. The molecule has 2 amide bonds. The molecule has 2 heterocycles. The second-order valence-corrected chi connectivity index (χ2v) is 5.93. The van der Waals surface area contributed by atoms with Crippen LogP contribution in [0.2, 0.25) is 0 Å². The Balaban J connectivity index is 1.83. The summed E-state index contributed by atoms with van der Waals surface area (Å²) in [6.45, 7) is 0. The summed E-state index contributed by atoms with van der Waals surface area (Å²) >= 11 is 0. The zero-order valence-corrected chi connectivity index (χ0v) is 13.6. The standard InChI is InChI=1S/C16H15F3N4O3/c1-22(10-4-5-20-13(6-10)16(17,18)19)15(26)23-7-9-2-3-12(11(9)8-23)21-14(24)25/h4-8,12,21H,2-3H2,1H3,(H,24,25). The molecule has 10 heteroatoms. The minimum Gasteiger partial charge on any atom is -0.465 e. The molecule has 3 rings (SSSR count). The number of carbonyl (C=O) groups is 2. The predicted octanol–water partition coefficient (Wildman–Crippen LogP) is 3.26. The van der Waals surface area contributed by atoms with E-state index in [4.69, 9.17) is 5.11 Å². The summed E-state index contributed by atoms with van der Waals surface area (Å²) in [6.07, 6.45) is -0.486. The molecule has 0 radical (unpaired) electrons. The first-order valence-electron chi connectivity index (χ1n) is 7.68. The molecule has 1 aliphatic rings. The van der Waals surface area contributed by atoms with E-state index in [0.29, 0.717) is 18.4 Å². The van der Waals surface area contributed by atoms with Crippen LogP contribution in [0.1, 0.15) is 29.3 Å². The Hall–Kier alpha value is -3.04. The number of aromatic nitrogens is 2. The van der Waals surface area contributed by atoms with Gasteiger partial charge in [0.2, 0.25) is 0 Å². The molecule has 2 aromatic heterocycles. The van der Waals surface area contributed by atoms with Gasteiger partial charge in [0.15, 0.2) is 0 Å². The molecular formula is C16H15F3N4O3. The lowest BCUT2D eigenvalue weighted by Gasteiger charge is -2.19. The summed E-state index contributed by atoms with van der Waals surface area (Å²) in [4.78, 5) is 27.8. The Morgan fingerprint density at radius 1 is 1.38 bits per heavy atom. The van der Waals surface area contributed by atoms with Crippen LogP contribution in [0.15, 0.2) is 30.7 Å². The molecule has 2 aromatic rings. The second kappa shape index (κ2) is 6.36. The minimum atomic E-state index is -4.61. The average Bonchev–Trinajstić information content (AvgIpc) is 3.14. The van der Waals surface area contributed by atoms with Gasteiger partial charge in [-0.1, -0.05) is 0 Å². The van der Waals surface area contributed by atoms with Gasteiger partial charge in [-0.2, -0.15) is 13.2 Å². The molecule has 2 N–H and O–H groups in total. The summed E-state index contributed by atoms with van der Waals surface area (Å²) in [5, 5.41) is 11.2. The molecule has 1 atom stereocenters. The van der Waals surface area contributed by atoms with Gasteiger partial charge >= 0.3 is 18.3 Å². The maximum atomic E-state index is 12.8. The quantitative estimate of drug-likeness (QED) is 0.852. The van der Waals surface area contributed by atoms with Crippen LogP contribution in [0, 0.1) is 0 Å². The van der Waals surface area contributed by atoms with Crippen LogP contribution in [0.4, 0.5) is 28.4 Å². The summed E-state index contributed by atoms with van der Waals surface area (Å²) < 4.78 is 39.6. The van der Waals surface area contributed by atoms with E-state index in [0.717, 1.165) is 22.7 Å². The van der Waals surface area contributed by atoms with Crippen molar-refractivity contribution in [3.8, 4) is 0 Å². The van der Waals surface area contributed by atoms with Crippen LogP contribution in [-0.2, 0) is 12.6 Å². The second-order valence-electron chi connectivity index (χ2n) is 5.93. The van der Waals surface area contributed by atoms with E-state index in [1.54, 1.807) is 6.20 Å². The summed E-state index contributed by atoms with van der Waals surface area (Å²) in [7, 11) is 1.36. The van der Waals surface area contributed by atoms with Crippen LogP contribution < -0.4 is 10.2 Å². The lowest BCUT2D eigenvalue weighted by atomic mass is 10.2. The summed E-state index contributed by atoms with van der Waals surface area (Å²) in [6, 6.07) is 1.13. The Morgan fingerprint density at radius 2 is 2.12 bits per heavy atom. The zero-order valence-electron chi connectivity index (χ0n) is 13.6. The minimum absolute atomic E-state index is 0.0476. The number of alkyl halides is 3. The number of pyridine rings is 1. The third kappa shape index (κ3) is 3.35. The number of nitrogens with zero attached hydrogens (tertiary/aromatic N) is 3. The molecule has 1 aliphatic carbocycles. The number of aryl methyl sites for hydroxylation is 1. The van der Waals surface area contributed by atoms with Crippen LogP contribution >= 0.6 is 0 Å². The highest BCUT2D eigenvalue weighted by Gasteiger charge is 2.33. The maximum absolute atomic E-state index is 12.8. The first-order valence-corrected chi connectivity index (χ1v) is 7.68. The number of rotatable bonds is 2. The van der Waals surface area contributed by atoms with Crippen molar-refractivity contribution >= 4 is 17.8 Å². The molecule has 7 nitrogen and oxygen atoms in total. The van der Waals surface area contributed by atoms with Gasteiger partial charge in [-0.3, -0.25) is 14.5 Å². The van der Waals surface area contributed by atoms with Crippen molar-refractivity contribution in [1.29, 1.82) is 0 Å². The molecule has 0 saturated heterocycles. The SMILES string of the molecule is CN(C(=O)n1cc2c(c1)C(NC(=O)O)CC2)c1ccnc(C(F)(F)F)c1. The number of hydrogen-bond acceptors (Lipinski definition) is 3. The fourth-order valence-electron chi connectivity index (χ4n) is 2.97. The van der Waals surface area contributed by atoms with E-state index >= 15 is 0 Å². The van der Waals surface area contributed by atoms with Gasteiger partial charge < -0.3 is 10.4 Å². The molecule has 0 aliphatic heterocycles. The van der Waals surface area contributed by atoms with Gasteiger partial charge in [-0.25, -0.2) is 9.59 Å². The van der Waals surface area contributed by atoms with Crippen LogP contribution in [0.3, 0.4) is 0 Å². The van der Waals surface area contributed by atoms with E-state index in [1.165, 1.54) is 23.9 Å². The number of nitrogens with one attached hydrogen (secondary N) is 1. The first-order chi connectivity index (χ1) is 12.2. The Bertz CT molecular complexity index is 863. The van der Waals surface area contributed by atoms with Crippen molar-refractivity contribution in [3.63, 3.8) is 0 Å². The molecule has 0 bridgehead atoms. The van der Waals surface area contributed by atoms with Crippen molar-refractivity contribution < 1.29 is 27.9 Å². The van der Waals surface area contributed by atoms with Crippen molar-refractivity contribution in [2.75, 3.05) is 11.9 Å². The number of carbonyl (C=O) groups excluding carboxylic acids is 1. The smallest absolute Gasteiger partial charge is 0.433 e. The summed E-state index contributed by atoms with van der Waals surface area (Å²) in [5.74, 6) is 0. The number of fused-ring (bicyclic) bond motifs is 1. The van der Waals surface area contributed by atoms with Gasteiger partial charge in [0.1, 0.15) is 5.69 Å². The van der Waals surface area contributed by atoms with Crippen molar-refractivity contribution in [2.45, 2.75) is 25.1 Å². The van der Waals surface area contributed by atoms with Crippen LogP contribution in [0.25, 0.3) is 0 Å². The maximum Gasteiger partial charge on any atom is 0.433 e. The number of hydrogen-bond donors (Lipinski definition) is 2. The largest absolute Gasteiger partial charge is 0.465 e. The third-order valence-corrected chi connectivity index (χ3v) is 4.25. The number of halogens is 3. The topological polar surface area (TPSA) is 87.5 Å². The molecule has 26 heavy (non-hydrogen) atoms. The molecule has 0 saturated carbocycles. The molecule has 1 unspecified atom stereocenters. The number of carboxylic acid groups (broad SMARTS) is 1. The highest BCUT2D eigenvalue weighted by Crippen LogP contribution is 2.33. The molecule has 0 spiro atoms. The van der Waals surface area contributed by atoms with Gasteiger partial charge in [-0.15, -0.1) is 0 Å². The monoisotopic (exact) mass is 368 g/mol. The van der Waals surface area contributed by atoms with Crippen LogP contribution in [-0.4, -0.2) is 33.8 Å². The lowest BCUT2D eigenvalue weighted by Crippen LogP contribution is -2.31. The fraction of sp³-hybridized carbons (Fsp3) is 0.312. The van der Waals surface area contributed by atoms with Crippen LogP contribution in [0.5, 0.6) is 0 Å². The predicted molar refractivity (Wildman–Crippen MR) is 85.1 cm³/mol.